The number of benzene rings is 1. The number of aliphatic hydroxyl groups is 1. The van der Waals surface area contributed by atoms with Crippen molar-refractivity contribution in [2.45, 2.75) is 0 Å². The van der Waals surface area contributed by atoms with Gasteiger partial charge >= 0.3 is 0 Å². The number of hydrogen-bond acceptors (Lipinski definition) is 6. The molecular formula is C10H10N4O2. The van der Waals surface area contributed by atoms with Crippen LogP contribution < -0.4 is 4.74 Å². The Labute approximate surface area is 91.9 Å². The van der Waals surface area contributed by atoms with Crippen LogP contribution in [0.2, 0.25) is 0 Å². The summed E-state index contributed by atoms with van der Waals surface area (Å²) in [6.45, 7) is 0.279. The highest BCUT2D eigenvalue weighted by Crippen LogP contribution is 2.17. The highest BCUT2D eigenvalue weighted by atomic mass is 16.5. The second-order valence-corrected chi connectivity index (χ2v) is 2.97. The van der Waals surface area contributed by atoms with E-state index in [1.807, 2.05) is 12.1 Å². The maximum absolute atomic E-state index is 8.60. The average Bonchev–Trinajstić information content (AvgIpc) is 2.38. The summed E-state index contributed by atoms with van der Waals surface area (Å²) < 4.78 is 5.22. The van der Waals surface area contributed by atoms with E-state index in [0.29, 0.717) is 11.6 Å². The minimum absolute atomic E-state index is 0.00259. The fourth-order valence-corrected chi connectivity index (χ4v) is 1.18. The molecule has 0 saturated carbocycles. The van der Waals surface area contributed by atoms with Crippen molar-refractivity contribution >= 4 is 0 Å². The number of hydrogen-bond donors (Lipinski definition) is 1. The van der Waals surface area contributed by atoms with E-state index in [4.69, 9.17) is 9.84 Å². The molecule has 6 nitrogen and oxygen atoms in total. The zero-order valence-corrected chi connectivity index (χ0v) is 8.45. The lowest BCUT2D eigenvalue weighted by atomic mass is 10.2. The van der Waals surface area contributed by atoms with Gasteiger partial charge in [-0.15, -0.1) is 20.4 Å². The molecule has 0 bridgehead atoms. The van der Waals surface area contributed by atoms with Crippen LogP contribution in [0.15, 0.2) is 30.6 Å². The van der Waals surface area contributed by atoms with Crippen molar-refractivity contribution in [1.82, 2.24) is 20.4 Å². The van der Waals surface area contributed by atoms with Gasteiger partial charge in [-0.05, 0) is 24.3 Å². The van der Waals surface area contributed by atoms with E-state index in [9.17, 15) is 0 Å². The van der Waals surface area contributed by atoms with Gasteiger partial charge in [0.15, 0.2) is 6.33 Å². The van der Waals surface area contributed by atoms with E-state index in [1.165, 1.54) is 6.33 Å². The lowest BCUT2D eigenvalue weighted by molar-refractivity contribution is 0.201. The van der Waals surface area contributed by atoms with Crippen molar-refractivity contribution in [1.29, 1.82) is 0 Å². The van der Waals surface area contributed by atoms with Crippen LogP contribution in [-0.4, -0.2) is 38.7 Å². The van der Waals surface area contributed by atoms with Crippen LogP contribution in [0, 0.1) is 0 Å². The quantitative estimate of drug-likeness (QED) is 0.795. The Morgan fingerprint density at radius 3 is 2.38 bits per heavy atom. The molecule has 0 radical (unpaired) electrons. The highest BCUT2D eigenvalue weighted by molar-refractivity contribution is 5.54. The van der Waals surface area contributed by atoms with Crippen LogP contribution in [0.5, 0.6) is 5.75 Å². The lowest BCUT2D eigenvalue weighted by Crippen LogP contribution is -2.01. The molecule has 0 aliphatic carbocycles. The smallest absolute Gasteiger partial charge is 0.203 e. The molecule has 0 aliphatic heterocycles. The molecule has 16 heavy (non-hydrogen) atoms. The first-order chi connectivity index (χ1) is 7.90. The van der Waals surface area contributed by atoms with Gasteiger partial charge in [0.05, 0.1) is 6.61 Å². The second kappa shape index (κ2) is 5.13. The summed E-state index contributed by atoms with van der Waals surface area (Å²) in [6.07, 6.45) is 1.28. The van der Waals surface area contributed by atoms with Gasteiger partial charge in [-0.2, -0.15) is 0 Å². The zero-order chi connectivity index (χ0) is 11.2. The van der Waals surface area contributed by atoms with Crippen molar-refractivity contribution in [3.05, 3.63) is 30.6 Å². The van der Waals surface area contributed by atoms with Crippen molar-refractivity contribution in [3.63, 3.8) is 0 Å². The van der Waals surface area contributed by atoms with Crippen LogP contribution in [0.25, 0.3) is 11.4 Å². The lowest BCUT2D eigenvalue weighted by Gasteiger charge is -2.04. The summed E-state index contributed by atoms with van der Waals surface area (Å²) in [5.41, 5.74) is 0.817. The molecule has 1 N–H and O–H groups in total. The Kier molecular flexibility index (Phi) is 3.35. The first-order valence-corrected chi connectivity index (χ1v) is 4.74. The Bertz CT molecular complexity index is 432. The number of nitrogens with zero attached hydrogens (tertiary/aromatic N) is 4. The van der Waals surface area contributed by atoms with E-state index in [-0.39, 0.29) is 13.2 Å². The molecule has 1 heterocycles. The van der Waals surface area contributed by atoms with Gasteiger partial charge in [-0.3, -0.25) is 0 Å². The van der Waals surface area contributed by atoms with Gasteiger partial charge < -0.3 is 9.84 Å². The van der Waals surface area contributed by atoms with Gasteiger partial charge in [-0.1, -0.05) is 0 Å². The molecule has 82 valence electrons. The molecule has 1 aromatic heterocycles. The van der Waals surface area contributed by atoms with Crippen molar-refractivity contribution in [2.24, 2.45) is 0 Å². The number of aromatic nitrogens is 4. The number of ether oxygens (including phenoxy) is 1. The van der Waals surface area contributed by atoms with Gasteiger partial charge in [0, 0.05) is 5.56 Å². The summed E-state index contributed by atoms with van der Waals surface area (Å²) >= 11 is 0. The Morgan fingerprint density at radius 1 is 1.06 bits per heavy atom. The highest BCUT2D eigenvalue weighted by Gasteiger charge is 2.01. The minimum Gasteiger partial charge on any atom is -0.491 e. The summed E-state index contributed by atoms with van der Waals surface area (Å²) in [5, 5.41) is 23.6. The topological polar surface area (TPSA) is 81.0 Å². The van der Waals surface area contributed by atoms with Gasteiger partial charge in [0.1, 0.15) is 12.4 Å². The molecule has 0 fully saturated rings. The molecule has 6 heteroatoms. The van der Waals surface area contributed by atoms with Crippen molar-refractivity contribution in [3.8, 4) is 17.1 Å². The summed E-state index contributed by atoms with van der Waals surface area (Å²) in [7, 11) is 0. The fraction of sp³-hybridized carbons (Fsp3) is 0.200. The fourth-order valence-electron chi connectivity index (χ4n) is 1.18. The van der Waals surface area contributed by atoms with E-state index in [2.05, 4.69) is 20.4 Å². The first-order valence-electron chi connectivity index (χ1n) is 4.74. The van der Waals surface area contributed by atoms with Gasteiger partial charge in [0.25, 0.3) is 0 Å². The Morgan fingerprint density at radius 2 is 1.75 bits per heavy atom. The van der Waals surface area contributed by atoms with E-state index < -0.39 is 0 Å². The van der Waals surface area contributed by atoms with Crippen LogP contribution in [0.4, 0.5) is 0 Å². The van der Waals surface area contributed by atoms with Crippen LogP contribution in [-0.2, 0) is 0 Å². The molecule has 1 aromatic carbocycles. The molecule has 0 amide bonds. The van der Waals surface area contributed by atoms with E-state index in [0.717, 1.165) is 5.56 Å². The standard InChI is InChI=1S/C10H10N4O2/c15-5-6-16-9-3-1-8(2-4-9)10-13-11-7-12-14-10/h1-4,7,15H,5-6H2. The first kappa shape index (κ1) is 10.4. The molecule has 0 spiro atoms. The van der Waals surface area contributed by atoms with E-state index in [1.54, 1.807) is 12.1 Å². The van der Waals surface area contributed by atoms with Crippen LogP contribution >= 0.6 is 0 Å². The zero-order valence-electron chi connectivity index (χ0n) is 8.45. The Hall–Kier alpha value is -2.08. The van der Waals surface area contributed by atoms with Crippen molar-refractivity contribution < 1.29 is 9.84 Å². The second-order valence-electron chi connectivity index (χ2n) is 2.97. The largest absolute Gasteiger partial charge is 0.491 e. The summed E-state index contributed by atoms with van der Waals surface area (Å²) in [5.74, 6) is 1.16. The third-order valence-corrected chi connectivity index (χ3v) is 1.88. The van der Waals surface area contributed by atoms with Gasteiger partial charge in [0.2, 0.25) is 5.82 Å². The van der Waals surface area contributed by atoms with Crippen LogP contribution in [0.1, 0.15) is 0 Å². The summed E-state index contributed by atoms with van der Waals surface area (Å²) in [4.78, 5) is 0. The molecule has 0 saturated heterocycles. The predicted octanol–water partition coefficient (Wildman–Crippen LogP) is 0.305. The van der Waals surface area contributed by atoms with Gasteiger partial charge in [-0.25, -0.2) is 0 Å². The number of rotatable bonds is 4. The molecular weight excluding hydrogens is 208 g/mol. The third-order valence-electron chi connectivity index (χ3n) is 1.88. The predicted molar refractivity (Wildman–Crippen MR) is 55.6 cm³/mol. The van der Waals surface area contributed by atoms with Crippen molar-refractivity contribution in [2.75, 3.05) is 13.2 Å². The molecule has 2 rings (SSSR count). The monoisotopic (exact) mass is 218 g/mol. The third kappa shape index (κ3) is 2.48. The SMILES string of the molecule is OCCOc1ccc(-c2nncnn2)cc1. The minimum atomic E-state index is -0.00259. The van der Waals surface area contributed by atoms with Crippen LogP contribution in [0.3, 0.4) is 0 Å². The molecule has 0 atom stereocenters. The normalized spacial score (nSPS) is 10.1. The Balaban J connectivity index is 2.13. The van der Waals surface area contributed by atoms with E-state index >= 15 is 0 Å². The maximum atomic E-state index is 8.60. The molecule has 0 aliphatic rings. The average molecular weight is 218 g/mol. The number of aliphatic hydroxyl groups excluding tert-OH is 1. The molecule has 2 aromatic rings. The molecule has 0 unspecified atom stereocenters. The maximum Gasteiger partial charge on any atom is 0.203 e. The summed E-state index contributed by atoms with van der Waals surface area (Å²) in [6, 6.07) is 7.18.